The Balaban J connectivity index is 0.00000259. The molecular formula is C22H20ClF2N3O4S. The van der Waals surface area contributed by atoms with Crippen LogP contribution >= 0.6 is 23.7 Å². The first kappa shape index (κ1) is 23.3. The zero-order valence-electron chi connectivity index (χ0n) is 17.5. The molecule has 1 amide bonds. The molecule has 1 saturated heterocycles. The van der Waals surface area contributed by atoms with Crippen molar-refractivity contribution in [1.82, 2.24) is 14.5 Å². The van der Waals surface area contributed by atoms with E-state index in [9.17, 15) is 23.5 Å². The molecule has 0 spiro atoms. The lowest BCUT2D eigenvalue weighted by Crippen LogP contribution is -2.56. The van der Waals surface area contributed by atoms with Gasteiger partial charge in [0.15, 0.2) is 17.7 Å². The zero-order valence-corrected chi connectivity index (χ0v) is 19.1. The van der Waals surface area contributed by atoms with Gasteiger partial charge in [-0.05, 0) is 25.0 Å². The summed E-state index contributed by atoms with van der Waals surface area (Å²) in [6, 6.07) is 3.31. The number of amides is 1. The number of halogens is 3. The number of aromatic hydroxyl groups is 1. The maximum atomic E-state index is 14.0. The molecule has 2 atom stereocenters. The van der Waals surface area contributed by atoms with Crippen molar-refractivity contribution in [2.75, 3.05) is 6.61 Å². The zero-order chi connectivity index (χ0) is 22.6. The Morgan fingerprint density at radius 3 is 2.85 bits per heavy atom. The number of thiazole rings is 1. The van der Waals surface area contributed by atoms with Gasteiger partial charge in [0.05, 0.1) is 18.7 Å². The topological polar surface area (TPSA) is 84.7 Å². The Labute approximate surface area is 197 Å². The van der Waals surface area contributed by atoms with Gasteiger partial charge in [-0.2, -0.15) is 0 Å². The van der Waals surface area contributed by atoms with Crippen LogP contribution in [0.5, 0.6) is 5.75 Å². The number of nitrogens with zero attached hydrogens (tertiary/aromatic N) is 3. The molecule has 1 N–H and O–H groups in total. The summed E-state index contributed by atoms with van der Waals surface area (Å²) in [5.41, 5.74) is -0.298. The minimum Gasteiger partial charge on any atom is -0.503 e. The molecule has 4 heterocycles. The van der Waals surface area contributed by atoms with Gasteiger partial charge >= 0.3 is 0 Å². The number of rotatable bonds is 3. The van der Waals surface area contributed by atoms with Crippen molar-refractivity contribution in [3.8, 4) is 16.3 Å². The van der Waals surface area contributed by atoms with Gasteiger partial charge in [0.2, 0.25) is 5.43 Å². The van der Waals surface area contributed by atoms with Crippen LogP contribution in [0.3, 0.4) is 0 Å². The lowest BCUT2D eigenvalue weighted by atomic mass is 10.1. The molecule has 0 aliphatic carbocycles. The van der Waals surface area contributed by atoms with Crippen molar-refractivity contribution in [2.24, 2.45) is 0 Å². The Bertz CT molecular complexity index is 1300. The van der Waals surface area contributed by atoms with Crippen LogP contribution in [0.4, 0.5) is 8.78 Å². The molecule has 2 aromatic heterocycles. The van der Waals surface area contributed by atoms with Crippen molar-refractivity contribution in [3.63, 3.8) is 0 Å². The number of hydrogen-bond acceptors (Lipinski definition) is 6. The molecule has 1 aromatic carbocycles. The lowest BCUT2D eigenvalue weighted by molar-refractivity contribution is -0.112. The van der Waals surface area contributed by atoms with E-state index in [-0.39, 0.29) is 42.7 Å². The lowest BCUT2D eigenvalue weighted by Gasteiger charge is -2.44. The van der Waals surface area contributed by atoms with Crippen molar-refractivity contribution in [3.05, 3.63) is 68.6 Å². The quantitative estimate of drug-likeness (QED) is 0.600. The summed E-state index contributed by atoms with van der Waals surface area (Å²) in [6.45, 7) is 2.72. The molecule has 11 heteroatoms. The average molecular weight is 496 g/mol. The van der Waals surface area contributed by atoms with Crippen LogP contribution in [-0.4, -0.2) is 44.3 Å². The predicted molar refractivity (Wildman–Crippen MR) is 120 cm³/mol. The fourth-order valence-corrected chi connectivity index (χ4v) is 5.12. The van der Waals surface area contributed by atoms with E-state index in [1.165, 1.54) is 40.4 Å². The van der Waals surface area contributed by atoms with Crippen LogP contribution in [0.1, 0.15) is 34.3 Å². The monoisotopic (exact) mass is 495 g/mol. The highest BCUT2D eigenvalue weighted by Gasteiger charge is 2.40. The van der Waals surface area contributed by atoms with E-state index < -0.39 is 34.9 Å². The number of hydrogen-bond donors (Lipinski definition) is 1. The maximum absolute atomic E-state index is 14.0. The van der Waals surface area contributed by atoms with Gasteiger partial charge in [-0.3, -0.25) is 9.59 Å². The van der Waals surface area contributed by atoms with E-state index in [2.05, 4.69) is 4.98 Å². The Hall–Kier alpha value is -2.82. The number of fused-ring (bicyclic) bond motifs is 2. The first-order chi connectivity index (χ1) is 15.3. The minimum atomic E-state index is -0.692. The standard InChI is InChI=1S/C22H19F2N3O4S.ClH/c1-11-4-5-31-17-10-26-9-15(19(28)20(29)18(26)22(30)27(11)17)21-25-8-14(32-21)6-12-2-3-13(23)7-16(12)24;/h2-3,7-9,11,17,29H,4-6,10H2,1H3;1H/t11-,17+;/m0./s1. The van der Waals surface area contributed by atoms with Crippen molar-refractivity contribution in [2.45, 2.75) is 38.6 Å². The van der Waals surface area contributed by atoms with Gasteiger partial charge in [-0.1, -0.05) is 6.07 Å². The summed E-state index contributed by atoms with van der Waals surface area (Å²) in [4.78, 5) is 32.4. The van der Waals surface area contributed by atoms with E-state index in [1.807, 2.05) is 6.92 Å². The highest BCUT2D eigenvalue weighted by molar-refractivity contribution is 7.15. The maximum Gasteiger partial charge on any atom is 0.276 e. The van der Waals surface area contributed by atoms with Gasteiger partial charge in [0.1, 0.15) is 16.6 Å². The van der Waals surface area contributed by atoms with Gasteiger partial charge < -0.3 is 19.3 Å². The van der Waals surface area contributed by atoms with E-state index >= 15 is 0 Å². The Kier molecular flexibility index (Phi) is 6.26. The molecule has 174 valence electrons. The van der Waals surface area contributed by atoms with Crippen LogP contribution in [0.25, 0.3) is 10.6 Å². The first-order valence-electron chi connectivity index (χ1n) is 10.1. The van der Waals surface area contributed by atoms with Gasteiger partial charge in [0.25, 0.3) is 5.91 Å². The molecule has 0 saturated carbocycles. The highest BCUT2D eigenvalue weighted by atomic mass is 35.5. The van der Waals surface area contributed by atoms with Crippen LogP contribution in [0.15, 0.2) is 35.4 Å². The highest BCUT2D eigenvalue weighted by Crippen LogP contribution is 2.32. The summed E-state index contributed by atoms with van der Waals surface area (Å²) in [5, 5.41) is 10.9. The molecule has 0 radical (unpaired) electrons. The molecule has 5 rings (SSSR count). The van der Waals surface area contributed by atoms with E-state index in [0.717, 1.165) is 6.07 Å². The van der Waals surface area contributed by atoms with Crippen LogP contribution < -0.4 is 5.43 Å². The summed E-state index contributed by atoms with van der Waals surface area (Å²) in [5.74, 6) is -2.37. The number of carbonyl (C=O) groups is 1. The molecule has 33 heavy (non-hydrogen) atoms. The fourth-order valence-electron chi connectivity index (χ4n) is 4.18. The molecule has 1 fully saturated rings. The Morgan fingerprint density at radius 1 is 1.30 bits per heavy atom. The smallest absolute Gasteiger partial charge is 0.276 e. The van der Waals surface area contributed by atoms with Crippen molar-refractivity contribution < 1.29 is 23.4 Å². The van der Waals surface area contributed by atoms with Crippen molar-refractivity contribution >= 4 is 29.7 Å². The number of aromatic nitrogens is 2. The van der Waals surface area contributed by atoms with E-state index in [1.54, 1.807) is 4.90 Å². The molecular weight excluding hydrogens is 476 g/mol. The molecule has 2 aliphatic rings. The van der Waals surface area contributed by atoms with Gasteiger partial charge in [-0.15, -0.1) is 23.7 Å². The van der Waals surface area contributed by atoms with Gasteiger partial charge in [0, 0.05) is 35.8 Å². The summed E-state index contributed by atoms with van der Waals surface area (Å²) in [7, 11) is 0. The third-order valence-electron chi connectivity index (χ3n) is 5.84. The SMILES string of the molecule is C[C@H]1CCO[C@@H]2Cn3cc(-c4ncc(Cc5ccc(F)cc5F)s4)c(=O)c(O)c3C(=O)N12.Cl. The Morgan fingerprint density at radius 2 is 2.09 bits per heavy atom. The second-order valence-corrected chi connectivity index (χ2v) is 9.06. The van der Waals surface area contributed by atoms with Crippen LogP contribution in [0.2, 0.25) is 0 Å². The number of carbonyl (C=O) groups excluding carboxylic acids is 1. The second kappa shape index (κ2) is 8.85. The number of benzene rings is 1. The normalized spacial score (nSPS) is 19.6. The third kappa shape index (κ3) is 4.03. The molecule has 2 aliphatic heterocycles. The second-order valence-electron chi connectivity index (χ2n) is 7.94. The summed E-state index contributed by atoms with van der Waals surface area (Å²) < 4.78 is 34.4. The third-order valence-corrected chi connectivity index (χ3v) is 6.87. The molecule has 3 aromatic rings. The predicted octanol–water partition coefficient (Wildman–Crippen LogP) is 3.56. The minimum absolute atomic E-state index is 0. The van der Waals surface area contributed by atoms with Crippen molar-refractivity contribution in [1.29, 1.82) is 0 Å². The summed E-state index contributed by atoms with van der Waals surface area (Å²) >= 11 is 1.17. The van der Waals surface area contributed by atoms with E-state index in [4.69, 9.17) is 4.74 Å². The number of pyridine rings is 1. The largest absolute Gasteiger partial charge is 0.503 e. The molecule has 7 nitrogen and oxygen atoms in total. The molecule has 0 unspecified atom stereocenters. The van der Waals surface area contributed by atoms with E-state index in [0.29, 0.717) is 28.5 Å². The first-order valence-corrected chi connectivity index (χ1v) is 10.9. The number of ether oxygens (including phenoxy) is 1. The molecule has 0 bridgehead atoms. The van der Waals surface area contributed by atoms with Crippen LogP contribution in [0, 0.1) is 11.6 Å². The average Bonchev–Trinajstić information content (AvgIpc) is 3.21. The van der Waals surface area contributed by atoms with Crippen LogP contribution in [-0.2, 0) is 17.7 Å². The van der Waals surface area contributed by atoms with Gasteiger partial charge in [-0.25, -0.2) is 13.8 Å². The fraction of sp³-hybridized carbons (Fsp3) is 0.318. The summed E-state index contributed by atoms with van der Waals surface area (Å²) in [6.07, 6.45) is 3.42.